The van der Waals surface area contributed by atoms with Gasteiger partial charge in [-0.1, -0.05) is 37.3 Å². The van der Waals surface area contributed by atoms with Gasteiger partial charge in [0.25, 0.3) is 11.8 Å². The van der Waals surface area contributed by atoms with Gasteiger partial charge < -0.3 is 14.8 Å². The Balaban J connectivity index is 1.92. The number of rotatable bonds is 6. The number of hydrogen-bond acceptors (Lipinski definition) is 3. The topological polar surface area (TPSA) is 71.4 Å². The largest absolute Gasteiger partial charge is 0.352 e. The molecule has 0 aliphatic carbocycles. The molecule has 1 unspecified atom stereocenters. The van der Waals surface area contributed by atoms with Gasteiger partial charge in [0.2, 0.25) is 5.43 Å². The second-order valence-corrected chi connectivity index (χ2v) is 7.75. The number of piperidine rings is 1. The molecule has 6 heteroatoms. The Kier molecular flexibility index (Phi) is 6.86. The van der Waals surface area contributed by atoms with Crippen molar-refractivity contribution < 1.29 is 9.59 Å². The lowest BCUT2D eigenvalue weighted by Crippen LogP contribution is -2.42. The first-order valence-corrected chi connectivity index (χ1v) is 10.3. The number of aromatic nitrogens is 1. The molecule has 2 amide bonds. The summed E-state index contributed by atoms with van der Waals surface area (Å²) in [6, 6.07) is 10.00. The Morgan fingerprint density at radius 1 is 1.14 bits per heavy atom. The molecule has 1 atom stereocenters. The molecule has 1 aliphatic rings. The van der Waals surface area contributed by atoms with Gasteiger partial charge >= 0.3 is 0 Å². The smallest absolute Gasteiger partial charge is 0.259 e. The van der Waals surface area contributed by atoms with Crippen LogP contribution in [-0.2, 0) is 13.0 Å². The van der Waals surface area contributed by atoms with E-state index in [2.05, 4.69) is 12.2 Å². The summed E-state index contributed by atoms with van der Waals surface area (Å²) in [4.78, 5) is 40.3. The third-order valence-corrected chi connectivity index (χ3v) is 5.34. The average Bonchev–Trinajstić information content (AvgIpc) is 2.73. The summed E-state index contributed by atoms with van der Waals surface area (Å²) in [6.07, 6.45) is 5.93. The molecule has 0 bridgehead atoms. The Morgan fingerprint density at radius 3 is 2.55 bits per heavy atom. The quantitative estimate of drug-likeness (QED) is 0.817. The zero-order valence-electron chi connectivity index (χ0n) is 17.2. The number of aryl methyl sites for hydroxylation is 2. The van der Waals surface area contributed by atoms with Crippen LogP contribution in [-0.4, -0.2) is 40.9 Å². The van der Waals surface area contributed by atoms with Crippen molar-refractivity contribution in [1.82, 2.24) is 14.8 Å². The molecule has 29 heavy (non-hydrogen) atoms. The predicted octanol–water partition coefficient (Wildman–Crippen LogP) is 2.71. The molecule has 1 N–H and O–H groups in total. The van der Waals surface area contributed by atoms with Crippen LogP contribution in [0.15, 0.2) is 47.5 Å². The summed E-state index contributed by atoms with van der Waals surface area (Å²) in [5.41, 5.74) is 0.769. The maximum absolute atomic E-state index is 13.1. The number of benzene rings is 1. The summed E-state index contributed by atoms with van der Waals surface area (Å²) in [5.74, 6) is -0.298. The molecule has 1 saturated heterocycles. The molecule has 154 valence electrons. The number of carbonyl (C=O) groups is 2. The third kappa shape index (κ3) is 5.13. The number of pyridine rings is 1. The van der Waals surface area contributed by atoms with Crippen molar-refractivity contribution in [2.24, 2.45) is 5.92 Å². The highest BCUT2D eigenvalue weighted by molar-refractivity contribution is 5.99. The zero-order valence-corrected chi connectivity index (χ0v) is 17.2. The van der Waals surface area contributed by atoms with Crippen LogP contribution >= 0.6 is 0 Å². The van der Waals surface area contributed by atoms with Crippen LogP contribution in [0.1, 0.15) is 53.0 Å². The lowest BCUT2D eigenvalue weighted by Gasteiger charge is -2.31. The second-order valence-electron chi connectivity index (χ2n) is 7.75. The van der Waals surface area contributed by atoms with Crippen molar-refractivity contribution in [2.75, 3.05) is 19.6 Å². The minimum Gasteiger partial charge on any atom is -0.352 e. The molecule has 0 spiro atoms. The molecule has 1 aromatic heterocycles. The van der Waals surface area contributed by atoms with Crippen molar-refractivity contribution >= 4 is 11.8 Å². The van der Waals surface area contributed by atoms with E-state index in [1.807, 2.05) is 30.3 Å². The predicted molar refractivity (Wildman–Crippen MR) is 113 cm³/mol. The molecule has 3 rings (SSSR count). The minimum absolute atomic E-state index is 0.0239. The molecule has 1 aromatic carbocycles. The number of carbonyl (C=O) groups excluding carboxylic acids is 2. The first-order valence-electron chi connectivity index (χ1n) is 10.3. The number of hydrogen-bond donors (Lipinski definition) is 1. The van der Waals surface area contributed by atoms with Gasteiger partial charge in [-0.3, -0.25) is 14.4 Å². The van der Waals surface area contributed by atoms with Crippen LogP contribution in [0.5, 0.6) is 0 Å². The van der Waals surface area contributed by atoms with Crippen molar-refractivity contribution in [3.63, 3.8) is 0 Å². The van der Waals surface area contributed by atoms with E-state index in [0.717, 1.165) is 24.8 Å². The van der Waals surface area contributed by atoms with Gasteiger partial charge in [-0.2, -0.15) is 0 Å². The summed E-state index contributed by atoms with van der Waals surface area (Å²) in [6.45, 7) is 6.21. The summed E-state index contributed by atoms with van der Waals surface area (Å²) >= 11 is 0. The van der Waals surface area contributed by atoms with E-state index in [1.54, 1.807) is 28.8 Å². The van der Waals surface area contributed by atoms with E-state index < -0.39 is 11.3 Å². The Bertz CT molecular complexity index is 921. The highest BCUT2D eigenvalue weighted by Crippen LogP contribution is 2.17. The fourth-order valence-electron chi connectivity index (χ4n) is 3.78. The lowest BCUT2D eigenvalue weighted by atomic mass is 9.99. The standard InChI is InChI=1S/C23H29N3O3/c1-3-24-22(28)19-15-25(13-11-18-9-5-4-6-10-18)16-20(21(19)27)23(29)26-12-7-8-17(2)14-26/h4-6,9-10,15-17H,3,7-8,11-14H2,1-2H3,(H,24,28). The van der Waals surface area contributed by atoms with Gasteiger partial charge in [0.05, 0.1) is 0 Å². The van der Waals surface area contributed by atoms with Crippen LogP contribution in [0.4, 0.5) is 0 Å². The molecule has 1 aliphatic heterocycles. The first-order chi connectivity index (χ1) is 14.0. The van der Waals surface area contributed by atoms with Crippen LogP contribution in [0.3, 0.4) is 0 Å². The Morgan fingerprint density at radius 2 is 1.86 bits per heavy atom. The van der Waals surface area contributed by atoms with Crippen LogP contribution in [0.2, 0.25) is 0 Å². The van der Waals surface area contributed by atoms with Crippen molar-refractivity contribution in [2.45, 2.75) is 39.7 Å². The molecule has 0 radical (unpaired) electrons. The van der Waals surface area contributed by atoms with Gasteiger partial charge in [-0.25, -0.2) is 0 Å². The number of amides is 2. The molecule has 2 aromatic rings. The van der Waals surface area contributed by atoms with Crippen LogP contribution < -0.4 is 10.7 Å². The van der Waals surface area contributed by atoms with E-state index in [9.17, 15) is 14.4 Å². The minimum atomic E-state index is -0.491. The average molecular weight is 396 g/mol. The van der Waals surface area contributed by atoms with Crippen LogP contribution in [0.25, 0.3) is 0 Å². The highest BCUT2D eigenvalue weighted by atomic mass is 16.2. The second kappa shape index (κ2) is 9.54. The summed E-state index contributed by atoms with van der Waals surface area (Å²) in [7, 11) is 0. The highest BCUT2D eigenvalue weighted by Gasteiger charge is 2.26. The molecule has 6 nitrogen and oxygen atoms in total. The van der Waals surface area contributed by atoms with Crippen LogP contribution in [0, 0.1) is 5.92 Å². The summed E-state index contributed by atoms with van der Waals surface area (Å²) < 4.78 is 1.79. The molecule has 0 saturated carbocycles. The van der Waals surface area contributed by atoms with Crippen molar-refractivity contribution in [1.29, 1.82) is 0 Å². The maximum Gasteiger partial charge on any atom is 0.259 e. The van der Waals surface area contributed by atoms with E-state index in [-0.39, 0.29) is 17.0 Å². The third-order valence-electron chi connectivity index (χ3n) is 5.34. The van der Waals surface area contributed by atoms with Gasteiger partial charge in [-0.15, -0.1) is 0 Å². The monoisotopic (exact) mass is 395 g/mol. The summed E-state index contributed by atoms with van der Waals surface area (Å²) in [5, 5.41) is 2.68. The van der Waals surface area contributed by atoms with Crippen molar-refractivity contribution in [3.8, 4) is 0 Å². The number of likely N-dealkylation sites (tertiary alicyclic amines) is 1. The van der Waals surface area contributed by atoms with Gasteiger partial charge in [0, 0.05) is 38.6 Å². The molecular formula is C23H29N3O3. The number of nitrogens with one attached hydrogen (secondary N) is 1. The number of nitrogens with zero attached hydrogens (tertiary/aromatic N) is 2. The molecule has 1 fully saturated rings. The van der Waals surface area contributed by atoms with E-state index in [1.165, 1.54) is 0 Å². The fourth-order valence-corrected chi connectivity index (χ4v) is 3.78. The van der Waals surface area contributed by atoms with Gasteiger partial charge in [0.15, 0.2) is 0 Å². The van der Waals surface area contributed by atoms with E-state index in [0.29, 0.717) is 32.1 Å². The zero-order chi connectivity index (χ0) is 20.8. The van der Waals surface area contributed by atoms with Gasteiger partial charge in [-0.05, 0) is 37.7 Å². The van der Waals surface area contributed by atoms with Crippen molar-refractivity contribution in [3.05, 3.63) is 69.6 Å². The Labute approximate surface area is 171 Å². The fraction of sp³-hybridized carbons (Fsp3) is 0.435. The molecule has 2 heterocycles. The lowest BCUT2D eigenvalue weighted by molar-refractivity contribution is 0.0680. The first kappa shape index (κ1) is 20.8. The Hall–Kier alpha value is -2.89. The SMILES string of the molecule is CCNC(=O)c1cn(CCc2ccccc2)cc(C(=O)N2CCCC(C)C2)c1=O. The van der Waals surface area contributed by atoms with E-state index >= 15 is 0 Å². The van der Waals surface area contributed by atoms with Gasteiger partial charge in [0.1, 0.15) is 11.1 Å². The van der Waals surface area contributed by atoms with E-state index in [4.69, 9.17) is 0 Å². The molecular weight excluding hydrogens is 366 g/mol. The normalized spacial score (nSPS) is 16.5. The maximum atomic E-state index is 13.1.